The number of halogens is 3. The maximum absolute atomic E-state index is 13.6. The number of fused-ring (bicyclic) bond motifs is 1. The molecular formula is C23H17BrClFN2O4S. The predicted molar refractivity (Wildman–Crippen MR) is 128 cm³/mol. The Labute approximate surface area is 205 Å². The molecule has 1 aromatic heterocycles. The van der Waals surface area contributed by atoms with E-state index in [-0.39, 0.29) is 27.5 Å². The van der Waals surface area contributed by atoms with Gasteiger partial charge in [0.25, 0.3) is 5.56 Å². The Balaban J connectivity index is 1.98. The van der Waals surface area contributed by atoms with Crippen molar-refractivity contribution in [2.75, 3.05) is 6.61 Å². The summed E-state index contributed by atoms with van der Waals surface area (Å²) in [6.07, 6.45) is 1.51. The van der Waals surface area contributed by atoms with Crippen LogP contribution in [0.5, 0.6) is 5.75 Å². The van der Waals surface area contributed by atoms with Crippen molar-refractivity contribution in [3.63, 3.8) is 0 Å². The van der Waals surface area contributed by atoms with Crippen LogP contribution in [0.2, 0.25) is 5.02 Å². The van der Waals surface area contributed by atoms with E-state index < -0.39 is 23.4 Å². The molecular weight excluding hydrogens is 535 g/mol. The number of rotatable bonds is 4. The molecule has 6 nitrogen and oxygen atoms in total. The summed E-state index contributed by atoms with van der Waals surface area (Å²) in [5, 5.41) is 10.5. The minimum atomic E-state index is -0.845. The summed E-state index contributed by atoms with van der Waals surface area (Å²) in [7, 11) is 0. The second kappa shape index (κ2) is 9.24. The lowest BCUT2D eigenvalue weighted by Crippen LogP contribution is -2.39. The minimum absolute atomic E-state index is 0.132. The topological polar surface area (TPSA) is 80.9 Å². The second-order valence-corrected chi connectivity index (χ2v) is 9.51. The lowest BCUT2D eigenvalue weighted by atomic mass is 9.96. The Hall–Kier alpha value is -2.75. The fraction of sp³-hybridized carbons (Fsp3) is 0.174. The van der Waals surface area contributed by atoms with E-state index in [0.29, 0.717) is 26.1 Å². The standard InChI is InChI=1S/C23H17BrClFN2O4S/c1-3-32-22(31)18-11(2)27-23-28(19(18)12-4-6-15(26)7-5-12)21(30)17(33-23)9-13-8-14(24)10-16(25)20(13)29/h4-10,19,29H,3H2,1-2H3/b17-9-/t19-/m1/s1. The van der Waals surface area contributed by atoms with Gasteiger partial charge in [0, 0.05) is 10.0 Å². The number of phenols is 1. The zero-order valence-electron chi connectivity index (χ0n) is 17.4. The summed E-state index contributed by atoms with van der Waals surface area (Å²) in [6, 6.07) is 7.91. The third kappa shape index (κ3) is 4.40. The van der Waals surface area contributed by atoms with Crippen LogP contribution < -0.4 is 14.9 Å². The van der Waals surface area contributed by atoms with Crippen molar-refractivity contribution in [1.82, 2.24) is 4.57 Å². The molecule has 170 valence electrons. The van der Waals surface area contributed by atoms with Gasteiger partial charge in [0.05, 0.1) is 33.5 Å². The van der Waals surface area contributed by atoms with Crippen LogP contribution in [0.25, 0.3) is 6.08 Å². The average Bonchev–Trinajstić information content (AvgIpc) is 3.06. The van der Waals surface area contributed by atoms with Crippen LogP contribution in [-0.2, 0) is 9.53 Å². The number of esters is 1. The first-order chi connectivity index (χ1) is 15.7. The van der Waals surface area contributed by atoms with Crippen LogP contribution in [0.15, 0.2) is 61.9 Å². The number of phenolic OH excluding ortho intramolecular Hbond substituents is 1. The van der Waals surface area contributed by atoms with Gasteiger partial charge in [0.1, 0.15) is 11.6 Å². The maximum Gasteiger partial charge on any atom is 0.338 e. The van der Waals surface area contributed by atoms with Gasteiger partial charge in [-0.3, -0.25) is 9.36 Å². The van der Waals surface area contributed by atoms with E-state index in [2.05, 4.69) is 20.9 Å². The number of benzene rings is 2. The average molecular weight is 552 g/mol. The normalized spacial score (nSPS) is 15.9. The summed E-state index contributed by atoms with van der Waals surface area (Å²) >= 11 is 10.5. The van der Waals surface area contributed by atoms with Crippen molar-refractivity contribution in [1.29, 1.82) is 0 Å². The van der Waals surface area contributed by atoms with Gasteiger partial charge in [-0.05, 0) is 49.8 Å². The van der Waals surface area contributed by atoms with Crippen molar-refractivity contribution in [2.24, 2.45) is 4.99 Å². The summed E-state index contributed by atoms with van der Waals surface area (Å²) in [5.74, 6) is -1.20. The minimum Gasteiger partial charge on any atom is -0.506 e. The van der Waals surface area contributed by atoms with Gasteiger partial charge in [0.15, 0.2) is 4.80 Å². The Kier molecular flexibility index (Phi) is 6.56. The Morgan fingerprint density at radius 2 is 2.06 bits per heavy atom. The zero-order chi connectivity index (χ0) is 23.9. The van der Waals surface area contributed by atoms with Crippen molar-refractivity contribution < 1.29 is 19.0 Å². The first kappa shape index (κ1) is 23.4. The molecule has 1 aliphatic heterocycles. The van der Waals surface area contributed by atoms with E-state index in [0.717, 1.165) is 11.3 Å². The fourth-order valence-corrected chi connectivity index (χ4v) is 5.46. The Morgan fingerprint density at radius 3 is 2.73 bits per heavy atom. The number of aromatic hydroxyl groups is 1. The molecule has 2 heterocycles. The SMILES string of the molecule is CCOC(=O)C1=C(C)N=c2s/c(=C\c3cc(Br)cc(Cl)c3O)c(=O)n2[C@@H]1c1ccc(F)cc1. The smallest absolute Gasteiger partial charge is 0.338 e. The molecule has 0 fully saturated rings. The van der Waals surface area contributed by atoms with Crippen LogP contribution in [0, 0.1) is 5.82 Å². The van der Waals surface area contributed by atoms with Gasteiger partial charge in [0.2, 0.25) is 0 Å². The number of hydrogen-bond donors (Lipinski definition) is 1. The number of thiazole rings is 1. The van der Waals surface area contributed by atoms with Crippen molar-refractivity contribution in [2.45, 2.75) is 19.9 Å². The molecule has 0 spiro atoms. The van der Waals surface area contributed by atoms with Gasteiger partial charge in [-0.25, -0.2) is 14.2 Å². The highest BCUT2D eigenvalue weighted by Gasteiger charge is 2.33. The first-order valence-electron chi connectivity index (χ1n) is 9.84. The van der Waals surface area contributed by atoms with Crippen molar-refractivity contribution in [3.8, 4) is 5.75 Å². The van der Waals surface area contributed by atoms with E-state index in [1.807, 2.05) is 0 Å². The van der Waals surface area contributed by atoms with Crippen molar-refractivity contribution >= 4 is 50.9 Å². The molecule has 0 saturated carbocycles. The number of aromatic nitrogens is 1. The number of hydrogen-bond acceptors (Lipinski definition) is 6. The molecule has 0 bridgehead atoms. The van der Waals surface area contributed by atoms with Crippen molar-refractivity contribution in [3.05, 3.63) is 93.8 Å². The Morgan fingerprint density at radius 1 is 1.36 bits per heavy atom. The van der Waals surface area contributed by atoms with Gasteiger partial charge in [-0.1, -0.05) is 51.0 Å². The lowest BCUT2D eigenvalue weighted by molar-refractivity contribution is -0.139. The number of carbonyl (C=O) groups excluding carboxylic acids is 1. The first-order valence-corrected chi connectivity index (χ1v) is 11.8. The zero-order valence-corrected chi connectivity index (χ0v) is 20.6. The number of ether oxygens (including phenoxy) is 1. The molecule has 3 aromatic rings. The van der Waals surface area contributed by atoms with E-state index in [9.17, 15) is 19.1 Å². The van der Waals surface area contributed by atoms with Crippen LogP contribution in [-0.4, -0.2) is 22.2 Å². The molecule has 2 aromatic carbocycles. The monoisotopic (exact) mass is 550 g/mol. The third-order valence-electron chi connectivity index (χ3n) is 5.05. The highest BCUT2D eigenvalue weighted by Crippen LogP contribution is 2.32. The van der Waals surface area contributed by atoms with Gasteiger partial charge < -0.3 is 9.84 Å². The summed E-state index contributed by atoms with van der Waals surface area (Å²) in [6.45, 7) is 3.50. The van der Waals surface area contributed by atoms with E-state index in [4.69, 9.17) is 16.3 Å². The van der Waals surface area contributed by atoms with Gasteiger partial charge in [-0.2, -0.15) is 0 Å². The van der Waals surface area contributed by atoms with Gasteiger partial charge in [-0.15, -0.1) is 0 Å². The highest BCUT2D eigenvalue weighted by molar-refractivity contribution is 9.10. The maximum atomic E-state index is 13.6. The fourth-order valence-electron chi connectivity index (χ4n) is 3.59. The highest BCUT2D eigenvalue weighted by atomic mass is 79.9. The number of carbonyl (C=O) groups is 1. The summed E-state index contributed by atoms with van der Waals surface area (Å²) in [4.78, 5) is 31.1. The van der Waals surface area contributed by atoms with Crippen LogP contribution in [0.3, 0.4) is 0 Å². The van der Waals surface area contributed by atoms with Gasteiger partial charge >= 0.3 is 5.97 Å². The molecule has 1 aliphatic rings. The van der Waals surface area contributed by atoms with Crippen LogP contribution in [0.1, 0.15) is 31.0 Å². The summed E-state index contributed by atoms with van der Waals surface area (Å²) < 4.78 is 21.1. The largest absolute Gasteiger partial charge is 0.506 e. The Bertz CT molecular complexity index is 1480. The quantitative estimate of drug-likeness (QED) is 0.496. The molecule has 4 rings (SSSR count). The molecule has 33 heavy (non-hydrogen) atoms. The van der Waals surface area contributed by atoms with Crippen LogP contribution >= 0.6 is 38.9 Å². The molecule has 0 amide bonds. The molecule has 0 radical (unpaired) electrons. The molecule has 0 aliphatic carbocycles. The molecule has 10 heteroatoms. The summed E-state index contributed by atoms with van der Waals surface area (Å²) in [5.41, 5.74) is 1.08. The third-order valence-corrected chi connectivity index (χ3v) is 6.78. The molecule has 1 atom stereocenters. The predicted octanol–water partition coefficient (Wildman–Crippen LogP) is 4.06. The number of allylic oxidation sites excluding steroid dienone is 1. The van der Waals surface area contributed by atoms with Crippen LogP contribution in [0.4, 0.5) is 4.39 Å². The lowest BCUT2D eigenvalue weighted by Gasteiger charge is -2.24. The molecule has 0 unspecified atom stereocenters. The number of nitrogens with zero attached hydrogens (tertiary/aromatic N) is 2. The van der Waals surface area contributed by atoms with E-state index in [1.54, 1.807) is 26.0 Å². The van der Waals surface area contributed by atoms with E-state index in [1.165, 1.54) is 34.9 Å². The second-order valence-electron chi connectivity index (χ2n) is 7.18. The molecule has 1 N–H and O–H groups in total. The van der Waals surface area contributed by atoms with E-state index >= 15 is 0 Å². The molecule has 0 saturated heterocycles.